The van der Waals surface area contributed by atoms with Crippen molar-refractivity contribution >= 4 is 46.0 Å². The standard InChI is InChI=1S/C16H8Cl2F6N2/c17-9-5-8(15(19,20)21)6-10(18)14(9)26-7-13(16(22,23)24)25-11-3-1-2-4-12(11)26/h1-6H,7H2. The predicted octanol–water partition coefficient (Wildman–Crippen LogP) is 6.80. The molecule has 0 amide bonds. The minimum Gasteiger partial charge on any atom is -0.331 e. The first-order chi connectivity index (χ1) is 12.0. The second-order valence-corrected chi connectivity index (χ2v) is 6.23. The Bertz CT molecular complexity index is 866. The van der Waals surface area contributed by atoms with Gasteiger partial charge in [-0.15, -0.1) is 0 Å². The van der Waals surface area contributed by atoms with Crippen molar-refractivity contribution in [2.45, 2.75) is 12.4 Å². The van der Waals surface area contributed by atoms with E-state index in [4.69, 9.17) is 23.2 Å². The number of alkyl halides is 6. The van der Waals surface area contributed by atoms with Crippen LogP contribution in [0.2, 0.25) is 10.0 Å². The molecule has 1 heterocycles. The Kier molecular flexibility index (Phi) is 4.60. The van der Waals surface area contributed by atoms with Gasteiger partial charge >= 0.3 is 12.4 Å². The van der Waals surface area contributed by atoms with Crippen LogP contribution in [0.15, 0.2) is 41.4 Å². The summed E-state index contributed by atoms with van der Waals surface area (Å²) in [7, 11) is 0. The number of fused-ring (bicyclic) bond motifs is 1. The molecule has 10 heteroatoms. The van der Waals surface area contributed by atoms with Gasteiger partial charge in [-0.1, -0.05) is 35.3 Å². The van der Waals surface area contributed by atoms with Crippen molar-refractivity contribution < 1.29 is 26.3 Å². The number of anilines is 2. The van der Waals surface area contributed by atoms with E-state index in [1.807, 2.05) is 0 Å². The maximum atomic E-state index is 13.2. The van der Waals surface area contributed by atoms with Crippen LogP contribution in [0.4, 0.5) is 43.4 Å². The molecule has 0 unspecified atom stereocenters. The molecule has 0 saturated carbocycles. The Morgan fingerprint density at radius 2 is 1.46 bits per heavy atom. The average molecular weight is 413 g/mol. The summed E-state index contributed by atoms with van der Waals surface area (Å²) in [6, 6.07) is 7.16. The summed E-state index contributed by atoms with van der Waals surface area (Å²) in [6.45, 7) is -0.731. The number of aliphatic imine (C=N–C) groups is 1. The molecule has 0 spiro atoms. The van der Waals surface area contributed by atoms with E-state index in [-0.39, 0.29) is 17.1 Å². The molecule has 2 nitrogen and oxygen atoms in total. The van der Waals surface area contributed by atoms with Crippen LogP contribution >= 0.6 is 23.2 Å². The normalized spacial score (nSPS) is 14.9. The van der Waals surface area contributed by atoms with Crippen molar-refractivity contribution in [3.05, 3.63) is 52.0 Å². The summed E-state index contributed by atoms with van der Waals surface area (Å²) in [5.74, 6) is 0. The van der Waals surface area contributed by atoms with Crippen molar-refractivity contribution in [1.82, 2.24) is 0 Å². The lowest BCUT2D eigenvalue weighted by Crippen LogP contribution is -2.37. The number of nitrogens with zero attached hydrogens (tertiary/aromatic N) is 2. The molecule has 138 valence electrons. The number of para-hydroxylation sites is 2. The molecule has 0 saturated heterocycles. The first-order valence-corrected chi connectivity index (χ1v) is 7.81. The molecule has 0 radical (unpaired) electrons. The summed E-state index contributed by atoms with van der Waals surface area (Å²) in [5, 5.41) is -0.828. The van der Waals surface area contributed by atoms with E-state index in [1.54, 1.807) is 6.07 Å². The monoisotopic (exact) mass is 412 g/mol. The molecule has 2 aromatic carbocycles. The van der Waals surface area contributed by atoms with E-state index in [1.165, 1.54) is 18.2 Å². The molecular formula is C16H8Cl2F6N2. The Labute approximate surface area is 153 Å². The molecule has 0 aliphatic carbocycles. The first-order valence-electron chi connectivity index (χ1n) is 7.06. The van der Waals surface area contributed by atoms with Crippen molar-refractivity contribution in [2.24, 2.45) is 4.99 Å². The Balaban J connectivity index is 2.17. The summed E-state index contributed by atoms with van der Waals surface area (Å²) >= 11 is 11.9. The van der Waals surface area contributed by atoms with Gasteiger partial charge in [0, 0.05) is 0 Å². The van der Waals surface area contributed by atoms with Crippen molar-refractivity contribution in [3.8, 4) is 0 Å². The van der Waals surface area contributed by atoms with Gasteiger partial charge in [-0.05, 0) is 24.3 Å². The molecule has 2 aromatic rings. The van der Waals surface area contributed by atoms with E-state index >= 15 is 0 Å². The number of hydrogen-bond donors (Lipinski definition) is 0. The molecule has 0 aromatic heterocycles. The molecule has 1 aliphatic heterocycles. The van der Waals surface area contributed by atoms with E-state index in [0.717, 1.165) is 4.90 Å². The van der Waals surface area contributed by atoms with Crippen molar-refractivity contribution in [2.75, 3.05) is 11.4 Å². The van der Waals surface area contributed by atoms with E-state index in [9.17, 15) is 26.3 Å². The zero-order valence-electron chi connectivity index (χ0n) is 12.6. The lowest BCUT2D eigenvalue weighted by molar-refractivity contribution is -0.137. The molecule has 0 atom stereocenters. The first kappa shape index (κ1) is 18.8. The van der Waals surface area contributed by atoms with Crippen LogP contribution in [0.1, 0.15) is 5.56 Å². The number of benzene rings is 2. The summed E-state index contributed by atoms with van der Waals surface area (Å²) in [4.78, 5) is 4.70. The minimum absolute atomic E-state index is 0.0121. The van der Waals surface area contributed by atoms with Crippen LogP contribution in [0, 0.1) is 0 Å². The highest BCUT2D eigenvalue weighted by Gasteiger charge is 2.40. The van der Waals surface area contributed by atoms with Crippen molar-refractivity contribution in [1.29, 1.82) is 0 Å². The van der Waals surface area contributed by atoms with Gasteiger partial charge in [-0.25, -0.2) is 4.99 Å². The smallest absolute Gasteiger partial charge is 0.331 e. The van der Waals surface area contributed by atoms with Crippen LogP contribution < -0.4 is 4.90 Å². The maximum absolute atomic E-state index is 13.2. The van der Waals surface area contributed by atoms with Gasteiger partial charge in [0.1, 0.15) is 5.71 Å². The topological polar surface area (TPSA) is 15.6 Å². The zero-order valence-corrected chi connectivity index (χ0v) is 14.1. The average Bonchev–Trinajstić information content (AvgIpc) is 2.52. The highest BCUT2D eigenvalue weighted by atomic mass is 35.5. The Hall–Kier alpha value is -1.93. The van der Waals surface area contributed by atoms with E-state index < -0.39 is 40.2 Å². The molecule has 26 heavy (non-hydrogen) atoms. The third-order valence-electron chi connectivity index (χ3n) is 3.68. The molecule has 3 rings (SSSR count). The van der Waals surface area contributed by atoms with E-state index in [2.05, 4.69) is 4.99 Å². The predicted molar refractivity (Wildman–Crippen MR) is 88.1 cm³/mol. The van der Waals surface area contributed by atoms with Gasteiger partial charge in [-0.3, -0.25) is 0 Å². The SMILES string of the molecule is FC(F)(F)C1=Nc2ccccc2N(c2c(Cl)cc(C(F)(F)F)cc2Cl)C1. The van der Waals surface area contributed by atoms with Crippen molar-refractivity contribution in [3.63, 3.8) is 0 Å². The minimum atomic E-state index is -4.71. The van der Waals surface area contributed by atoms with Crippen LogP contribution in [-0.4, -0.2) is 18.4 Å². The van der Waals surface area contributed by atoms with Gasteiger partial charge in [0.15, 0.2) is 0 Å². The summed E-state index contributed by atoms with van der Waals surface area (Å²) < 4.78 is 78.2. The molecule has 0 bridgehead atoms. The van der Waals surface area contributed by atoms with Gasteiger partial charge in [0.05, 0.1) is 39.2 Å². The quantitative estimate of drug-likeness (QED) is 0.470. The molecule has 0 N–H and O–H groups in total. The summed E-state index contributed by atoms with van der Waals surface area (Å²) in [5.41, 5.74) is -2.08. The molecule has 1 aliphatic rings. The third-order valence-corrected chi connectivity index (χ3v) is 4.25. The number of rotatable bonds is 1. The fraction of sp³-hybridized carbons (Fsp3) is 0.188. The van der Waals surface area contributed by atoms with Gasteiger partial charge in [0.2, 0.25) is 0 Å². The second kappa shape index (κ2) is 6.35. The highest BCUT2D eigenvalue weighted by molar-refractivity contribution is 6.39. The Morgan fingerprint density at radius 1 is 0.885 bits per heavy atom. The zero-order chi connectivity index (χ0) is 19.3. The fourth-order valence-corrected chi connectivity index (χ4v) is 3.23. The van der Waals surface area contributed by atoms with Gasteiger partial charge < -0.3 is 4.90 Å². The second-order valence-electron chi connectivity index (χ2n) is 5.42. The largest absolute Gasteiger partial charge is 0.431 e. The maximum Gasteiger partial charge on any atom is 0.431 e. The van der Waals surface area contributed by atoms with Crippen LogP contribution in [-0.2, 0) is 6.18 Å². The fourth-order valence-electron chi connectivity index (χ4n) is 2.54. The van der Waals surface area contributed by atoms with Gasteiger partial charge in [0.25, 0.3) is 0 Å². The molecular weight excluding hydrogens is 405 g/mol. The lowest BCUT2D eigenvalue weighted by Gasteiger charge is -2.32. The van der Waals surface area contributed by atoms with Crippen LogP contribution in [0.5, 0.6) is 0 Å². The van der Waals surface area contributed by atoms with Gasteiger partial charge in [-0.2, -0.15) is 26.3 Å². The Morgan fingerprint density at radius 3 is 2.00 bits per heavy atom. The van der Waals surface area contributed by atoms with E-state index in [0.29, 0.717) is 12.1 Å². The molecule has 0 fully saturated rings. The third kappa shape index (κ3) is 3.48. The number of halogens is 8. The summed E-state index contributed by atoms with van der Waals surface area (Å²) in [6.07, 6.45) is -9.40. The lowest BCUT2D eigenvalue weighted by atomic mass is 10.1. The highest BCUT2D eigenvalue weighted by Crippen LogP contribution is 2.46. The number of hydrogen-bond acceptors (Lipinski definition) is 2. The van der Waals surface area contributed by atoms with Crippen LogP contribution in [0.25, 0.3) is 0 Å². The van der Waals surface area contributed by atoms with Crippen LogP contribution in [0.3, 0.4) is 0 Å².